The standard InChI is InChI=1S/C29H28Cl2N4O3/c1-19-4-13-25(16-20(19)2)35-17-26(21-5-9-23(30)10-6-21)32-29(35)33-27(36)18-34(14-15-38-3)28(37)22-7-11-24(31)12-8-22/h4-13,16-17H,14-15,18H2,1-3H3,(H,32,33,36). The Kier molecular flexibility index (Phi) is 8.84. The summed E-state index contributed by atoms with van der Waals surface area (Å²) in [6.07, 6.45) is 1.87. The lowest BCUT2D eigenvalue weighted by Crippen LogP contribution is -2.40. The monoisotopic (exact) mass is 550 g/mol. The zero-order valence-corrected chi connectivity index (χ0v) is 22.9. The molecule has 4 rings (SSSR count). The second-order valence-electron chi connectivity index (χ2n) is 8.87. The first kappa shape index (κ1) is 27.4. The smallest absolute Gasteiger partial charge is 0.254 e. The number of imidazole rings is 1. The molecule has 0 saturated carbocycles. The van der Waals surface area contributed by atoms with Crippen LogP contribution in [0.25, 0.3) is 16.9 Å². The lowest BCUT2D eigenvalue weighted by molar-refractivity contribution is -0.117. The molecule has 1 aromatic heterocycles. The van der Waals surface area contributed by atoms with E-state index in [0.717, 1.165) is 22.4 Å². The molecule has 7 nitrogen and oxygen atoms in total. The minimum atomic E-state index is -0.387. The Morgan fingerprint density at radius 2 is 1.61 bits per heavy atom. The number of carbonyl (C=O) groups is 2. The average molecular weight is 551 g/mol. The third-order valence-corrected chi connectivity index (χ3v) is 6.65. The van der Waals surface area contributed by atoms with Crippen molar-refractivity contribution in [1.82, 2.24) is 14.5 Å². The van der Waals surface area contributed by atoms with Crippen LogP contribution in [0.4, 0.5) is 5.95 Å². The Bertz CT molecular complexity index is 1430. The number of methoxy groups -OCH3 is 1. The topological polar surface area (TPSA) is 76.5 Å². The van der Waals surface area contributed by atoms with Gasteiger partial charge in [-0.1, -0.05) is 41.4 Å². The maximum absolute atomic E-state index is 13.2. The third kappa shape index (κ3) is 6.61. The van der Waals surface area contributed by atoms with Crippen molar-refractivity contribution >= 4 is 41.0 Å². The van der Waals surface area contributed by atoms with E-state index in [1.165, 1.54) is 4.90 Å². The fourth-order valence-corrected chi connectivity index (χ4v) is 4.12. The van der Waals surface area contributed by atoms with Gasteiger partial charge in [0.2, 0.25) is 11.9 Å². The van der Waals surface area contributed by atoms with Gasteiger partial charge in [0.1, 0.15) is 6.54 Å². The number of hydrogen-bond donors (Lipinski definition) is 1. The second kappa shape index (κ2) is 12.3. The summed E-state index contributed by atoms with van der Waals surface area (Å²) >= 11 is 12.0. The summed E-state index contributed by atoms with van der Waals surface area (Å²) in [7, 11) is 1.55. The number of aromatic nitrogens is 2. The van der Waals surface area contributed by atoms with E-state index >= 15 is 0 Å². The normalized spacial score (nSPS) is 10.9. The van der Waals surface area contributed by atoms with Crippen LogP contribution in [0, 0.1) is 13.8 Å². The Morgan fingerprint density at radius 1 is 0.947 bits per heavy atom. The van der Waals surface area contributed by atoms with E-state index in [1.807, 2.05) is 54.9 Å². The maximum Gasteiger partial charge on any atom is 0.254 e. The molecule has 2 amide bonds. The molecule has 0 unspecified atom stereocenters. The van der Waals surface area contributed by atoms with Gasteiger partial charge in [-0.15, -0.1) is 0 Å². The fraction of sp³-hybridized carbons (Fsp3) is 0.207. The zero-order chi connectivity index (χ0) is 27.2. The van der Waals surface area contributed by atoms with Crippen LogP contribution in [-0.2, 0) is 9.53 Å². The van der Waals surface area contributed by atoms with Gasteiger partial charge in [0, 0.05) is 46.7 Å². The summed E-state index contributed by atoms with van der Waals surface area (Å²) in [5.74, 6) is -0.344. The highest BCUT2D eigenvalue weighted by atomic mass is 35.5. The van der Waals surface area contributed by atoms with Crippen molar-refractivity contribution in [2.45, 2.75) is 13.8 Å². The molecule has 0 spiro atoms. The van der Waals surface area contributed by atoms with Crippen LogP contribution in [0.15, 0.2) is 72.9 Å². The van der Waals surface area contributed by atoms with Gasteiger partial charge in [0.15, 0.2) is 0 Å². The summed E-state index contributed by atoms with van der Waals surface area (Å²) in [5.41, 5.74) is 5.08. The highest BCUT2D eigenvalue weighted by molar-refractivity contribution is 6.31. The molecule has 0 fully saturated rings. The number of halogens is 2. The summed E-state index contributed by atoms with van der Waals surface area (Å²) in [5, 5.41) is 4.05. The van der Waals surface area contributed by atoms with Crippen LogP contribution in [0.2, 0.25) is 10.0 Å². The molecular weight excluding hydrogens is 523 g/mol. The molecule has 0 radical (unpaired) electrons. The highest BCUT2D eigenvalue weighted by Crippen LogP contribution is 2.26. The van der Waals surface area contributed by atoms with Gasteiger partial charge in [-0.05, 0) is 73.5 Å². The zero-order valence-electron chi connectivity index (χ0n) is 21.4. The third-order valence-electron chi connectivity index (χ3n) is 6.14. The molecule has 0 atom stereocenters. The van der Waals surface area contributed by atoms with E-state index in [4.69, 9.17) is 32.9 Å². The molecule has 0 aliphatic heterocycles. The minimum absolute atomic E-state index is 0.180. The molecule has 0 saturated heterocycles. The molecule has 1 N–H and O–H groups in total. The van der Waals surface area contributed by atoms with Gasteiger partial charge in [0.05, 0.1) is 12.3 Å². The van der Waals surface area contributed by atoms with Gasteiger partial charge in [-0.3, -0.25) is 19.5 Å². The predicted molar refractivity (Wildman–Crippen MR) is 151 cm³/mol. The average Bonchev–Trinajstić information content (AvgIpc) is 3.32. The van der Waals surface area contributed by atoms with Crippen LogP contribution in [0.5, 0.6) is 0 Å². The predicted octanol–water partition coefficient (Wildman–Crippen LogP) is 6.19. The van der Waals surface area contributed by atoms with Crippen LogP contribution >= 0.6 is 23.2 Å². The number of anilines is 1. The highest BCUT2D eigenvalue weighted by Gasteiger charge is 2.21. The van der Waals surface area contributed by atoms with Gasteiger partial charge in [0.25, 0.3) is 5.91 Å². The van der Waals surface area contributed by atoms with Crippen molar-refractivity contribution in [2.75, 3.05) is 32.1 Å². The quantitative estimate of drug-likeness (QED) is 0.269. The SMILES string of the molecule is COCCN(CC(=O)Nc1nc(-c2ccc(Cl)cc2)cn1-c1ccc(C)c(C)c1)C(=O)c1ccc(Cl)cc1. The molecule has 196 valence electrons. The van der Waals surface area contributed by atoms with Crippen LogP contribution in [-0.4, -0.2) is 53.1 Å². The van der Waals surface area contributed by atoms with E-state index in [2.05, 4.69) is 5.32 Å². The molecule has 3 aromatic carbocycles. The van der Waals surface area contributed by atoms with E-state index in [9.17, 15) is 9.59 Å². The molecule has 0 bridgehead atoms. The summed E-state index contributed by atoms with van der Waals surface area (Å²) in [6.45, 7) is 4.42. The Hall–Kier alpha value is -3.65. The lowest BCUT2D eigenvalue weighted by atomic mass is 10.1. The van der Waals surface area contributed by atoms with Crippen molar-refractivity contribution in [2.24, 2.45) is 0 Å². The number of benzene rings is 3. The molecule has 4 aromatic rings. The number of rotatable bonds is 9. The molecule has 9 heteroatoms. The van der Waals surface area contributed by atoms with Crippen molar-refractivity contribution in [3.8, 4) is 16.9 Å². The lowest BCUT2D eigenvalue weighted by Gasteiger charge is -2.22. The molecule has 0 aliphatic rings. The Morgan fingerprint density at radius 3 is 2.24 bits per heavy atom. The summed E-state index contributed by atoms with van der Waals surface area (Å²) in [6, 6.07) is 19.9. The van der Waals surface area contributed by atoms with Crippen molar-refractivity contribution < 1.29 is 14.3 Å². The number of carbonyl (C=O) groups excluding carboxylic acids is 2. The Labute approximate surface area is 232 Å². The second-order valence-corrected chi connectivity index (χ2v) is 9.74. The molecular formula is C29H28Cl2N4O3. The number of amides is 2. The van der Waals surface area contributed by atoms with Crippen molar-refractivity contribution in [1.29, 1.82) is 0 Å². The van der Waals surface area contributed by atoms with Gasteiger partial charge < -0.3 is 9.64 Å². The first-order chi connectivity index (χ1) is 18.2. The van der Waals surface area contributed by atoms with Gasteiger partial charge in [-0.25, -0.2) is 4.98 Å². The summed E-state index contributed by atoms with van der Waals surface area (Å²) < 4.78 is 6.99. The molecule has 0 aliphatic carbocycles. The molecule has 1 heterocycles. The van der Waals surface area contributed by atoms with Crippen LogP contribution < -0.4 is 5.32 Å². The van der Waals surface area contributed by atoms with Gasteiger partial charge >= 0.3 is 0 Å². The molecule has 38 heavy (non-hydrogen) atoms. The van der Waals surface area contributed by atoms with Crippen molar-refractivity contribution in [3.05, 3.63) is 99.7 Å². The van der Waals surface area contributed by atoms with E-state index in [1.54, 1.807) is 43.5 Å². The summed E-state index contributed by atoms with van der Waals surface area (Å²) in [4.78, 5) is 32.5. The van der Waals surface area contributed by atoms with Crippen molar-refractivity contribution in [3.63, 3.8) is 0 Å². The van der Waals surface area contributed by atoms with Crippen LogP contribution in [0.3, 0.4) is 0 Å². The number of nitrogens with zero attached hydrogens (tertiary/aromatic N) is 3. The van der Waals surface area contributed by atoms with Gasteiger partial charge in [-0.2, -0.15) is 0 Å². The van der Waals surface area contributed by atoms with Crippen LogP contribution in [0.1, 0.15) is 21.5 Å². The van der Waals surface area contributed by atoms with E-state index < -0.39 is 0 Å². The number of aryl methyl sites for hydroxylation is 2. The first-order valence-electron chi connectivity index (χ1n) is 12.0. The Balaban J connectivity index is 1.62. The first-order valence-corrected chi connectivity index (χ1v) is 12.8. The van der Waals surface area contributed by atoms with E-state index in [-0.39, 0.29) is 31.5 Å². The minimum Gasteiger partial charge on any atom is -0.383 e. The maximum atomic E-state index is 13.2. The fourth-order valence-electron chi connectivity index (χ4n) is 3.87. The van der Waals surface area contributed by atoms with E-state index in [0.29, 0.717) is 27.3 Å². The number of nitrogens with one attached hydrogen (secondary N) is 1. The number of hydrogen-bond acceptors (Lipinski definition) is 4. The largest absolute Gasteiger partial charge is 0.383 e. The number of ether oxygens (including phenoxy) is 1.